The molecule has 0 bridgehead atoms. The molecule has 0 aliphatic carbocycles. The highest BCUT2D eigenvalue weighted by atomic mass is 16.6. The first-order valence-corrected chi connectivity index (χ1v) is 26.7. The van der Waals surface area contributed by atoms with Gasteiger partial charge >= 0.3 is 11.9 Å². The van der Waals surface area contributed by atoms with Crippen LogP contribution < -0.4 is 0 Å². The van der Waals surface area contributed by atoms with Crippen LogP contribution >= 0.6 is 0 Å². The molecule has 0 rings (SSSR count). The largest absolute Gasteiger partial charge is 0.462 e. The number of carbonyl (C=O) groups is 2. The van der Waals surface area contributed by atoms with Crippen molar-refractivity contribution >= 4 is 11.9 Å². The molecule has 1 atom stereocenters. The molecule has 0 radical (unpaired) electrons. The number of allylic oxidation sites excluding steroid dienone is 22. The highest BCUT2D eigenvalue weighted by Gasteiger charge is 2.17. The number of ether oxygens (including phenoxy) is 3. The van der Waals surface area contributed by atoms with E-state index in [0.29, 0.717) is 25.9 Å². The molecule has 372 valence electrons. The van der Waals surface area contributed by atoms with Crippen molar-refractivity contribution in [2.75, 3.05) is 19.8 Å². The van der Waals surface area contributed by atoms with E-state index in [4.69, 9.17) is 14.2 Å². The molecular weight excluding hydrogens is 813 g/mol. The molecule has 0 amide bonds. The fourth-order valence-electron chi connectivity index (χ4n) is 6.80. The smallest absolute Gasteiger partial charge is 0.306 e. The van der Waals surface area contributed by atoms with Crippen molar-refractivity contribution in [3.8, 4) is 0 Å². The molecule has 1 unspecified atom stereocenters. The predicted octanol–water partition coefficient (Wildman–Crippen LogP) is 18.3. The van der Waals surface area contributed by atoms with E-state index < -0.39 is 6.10 Å². The summed E-state index contributed by atoms with van der Waals surface area (Å²) in [7, 11) is 0. The zero-order chi connectivity index (χ0) is 47.7. The van der Waals surface area contributed by atoms with Crippen molar-refractivity contribution < 1.29 is 23.8 Å². The molecule has 5 nitrogen and oxygen atoms in total. The van der Waals surface area contributed by atoms with Crippen molar-refractivity contribution in [1.29, 1.82) is 0 Å². The van der Waals surface area contributed by atoms with Gasteiger partial charge in [0, 0.05) is 19.4 Å². The molecule has 0 aromatic rings. The van der Waals surface area contributed by atoms with Crippen LogP contribution in [0.15, 0.2) is 134 Å². The van der Waals surface area contributed by atoms with Crippen LogP contribution in [0.2, 0.25) is 0 Å². The average Bonchev–Trinajstić information content (AvgIpc) is 3.32. The van der Waals surface area contributed by atoms with Gasteiger partial charge in [-0.1, -0.05) is 231 Å². The van der Waals surface area contributed by atoms with Gasteiger partial charge in [-0.05, 0) is 103 Å². The SMILES string of the molecule is CC/C=C\C/C=C\C/C=C\C/C=C\C/C=C\C/C=C\CCC(=O)OCC(COCCCC/C=C\C/C=C\C/C=C\C/C=C\C/C=C\CC)OC(=O)CCCCCCCCCCCCCCC. The Hall–Kier alpha value is -3.96. The molecule has 5 heteroatoms. The van der Waals surface area contributed by atoms with E-state index in [9.17, 15) is 9.59 Å². The summed E-state index contributed by atoms with van der Waals surface area (Å²) in [5, 5.41) is 0. The van der Waals surface area contributed by atoms with E-state index in [1.54, 1.807) is 0 Å². The molecule has 0 saturated heterocycles. The highest BCUT2D eigenvalue weighted by Crippen LogP contribution is 2.14. The number of carbonyl (C=O) groups excluding carboxylic acids is 2. The Balaban J connectivity index is 4.48. The Morgan fingerprint density at radius 1 is 0.348 bits per heavy atom. The molecule has 0 aromatic heterocycles. The maximum absolute atomic E-state index is 12.8. The van der Waals surface area contributed by atoms with E-state index in [0.717, 1.165) is 109 Å². The van der Waals surface area contributed by atoms with Crippen LogP contribution in [0.1, 0.15) is 213 Å². The molecule has 0 aromatic carbocycles. The summed E-state index contributed by atoms with van der Waals surface area (Å²) in [6.07, 6.45) is 79.1. The number of unbranched alkanes of at least 4 members (excludes halogenated alkanes) is 14. The van der Waals surface area contributed by atoms with Gasteiger partial charge in [0.25, 0.3) is 0 Å². The third kappa shape index (κ3) is 52.7. The van der Waals surface area contributed by atoms with Gasteiger partial charge in [0.15, 0.2) is 6.10 Å². The summed E-state index contributed by atoms with van der Waals surface area (Å²) in [6, 6.07) is 0. The minimum atomic E-state index is -0.597. The van der Waals surface area contributed by atoms with Crippen LogP contribution in [0.25, 0.3) is 0 Å². The Morgan fingerprint density at radius 3 is 1.12 bits per heavy atom. The standard InChI is InChI=1S/C61H98O5/c1-4-7-10-13-16-19-22-25-27-29-31-32-34-37-39-42-45-48-51-54-60(62)65-58-59(66-61(63)55-52-49-46-43-40-36-24-21-18-15-12-9-6-3)57-64-56-53-50-47-44-41-38-35-33-30-28-26-23-20-17-14-11-8-5-2/h7-8,10-11,16-17,19-20,25-28,31-33,35,37,39,41,44-45,48,59H,4-6,9,12-15,18,21-24,29-30,34,36,38,40,42-43,46-47,49-58H2,1-3H3/b10-7-,11-8-,19-16-,20-17-,27-25-,28-26-,32-31-,35-33-,39-37-,44-41-,48-45-. The highest BCUT2D eigenvalue weighted by molar-refractivity contribution is 5.70. The summed E-state index contributed by atoms with van der Waals surface area (Å²) in [5.41, 5.74) is 0. The zero-order valence-corrected chi connectivity index (χ0v) is 42.7. The average molecular weight is 911 g/mol. The maximum atomic E-state index is 12.8. The number of hydrogen-bond acceptors (Lipinski definition) is 5. The topological polar surface area (TPSA) is 61.8 Å². The maximum Gasteiger partial charge on any atom is 0.306 e. The summed E-state index contributed by atoms with van der Waals surface area (Å²) in [6.45, 7) is 7.41. The van der Waals surface area contributed by atoms with Crippen LogP contribution in [0.3, 0.4) is 0 Å². The van der Waals surface area contributed by atoms with Crippen LogP contribution in [-0.4, -0.2) is 37.9 Å². The first kappa shape index (κ1) is 62.0. The molecular formula is C61H98O5. The molecule has 0 N–H and O–H groups in total. The quantitative estimate of drug-likeness (QED) is 0.0346. The van der Waals surface area contributed by atoms with Gasteiger partial charge in [0.05, 0.1) is 6.61 Å². The Bertz CT molecular complexity index is 1400. The predicted molar refractivity (Wildman–Crippen MR) is 288 cm³/mol. The molecule has 0 heterocycles. The van der Waals surface area contributed by atoms with E-state index in [1.165, 1.54) is 64.2 Å². The normalized spacial score (nSPS) is 13.3. The first-order valence-electron chi connectivity index (χ1n) is 26.7. The van der Waals surface area contributed by atoms with Crippen molar-refractivity contribution in [2.45, 2.75) is 219 Å². The van der Waals surface area contributed by atoms with Gasteiger partial charge in [-0.3, -0.25) is 9.59 Å². The summed E-state index contributed by atoms with van der Waals surface area (Å²) in [4.78, 5) is 25.4. The lowest BCUT2D eigenvalue weighted by atomic mass is 10.0. The lowest BCUT2D eigenvalue weighted by Crippen LogP contribution is -2.30. The van der Waals surface area contributed by atoms with Crippen molar-refractivity contribution in [3.05, 3.63) is 134 Å². The molecule has 0 spiro atoms. The van der Waals surface area contributed by atoms with E-state index in [2.05, 4.69) is 148 Å². The summed E-state index contributed by atoms with van der Waals surface area (Å²) < 4.78 is 17.3. The summed E-state index contributed by atoms with van der Waals surface area (Å²) >= 11 is 0. The fraction of sp³-hybridized carbons (Fsp3) is 0.607. The van der Waals surface area contributed by atoms with E-state index in [1.807, 2.05) is 6.08 Å². The second-order valence-electron chi connectivity index (χ2n) is 17.0. The lowest BCUT2D eigenvalue weighted by Gasteiger charge is -2.18. The van der Waals surface area contributed by atoms with Crippen LogP contribution in [-0.2, 0) is 23.8 Å². The van der Waals surface area contributed by atoms with Gasteiger partial charge in [-0.25, -0.2) is 0 Å². The van der Waals surface area contributed by atoms with Crippen LogP contribution in [0.5, 0.6) is 0 Å². The second-order valence-corrected chi connectivity index (χ2v) is 17.0. The zero-order valence-electron chi connectivity index (χ0n) is 42.7. The molecule has 0 saturated carbocycles. The molecule has 0 aliphatic rings. The van der Waals surface area contributed by atoms with Gasteiger partial charge in [-0.15, -0.1) is 0 Å². The number of esters is 2. The number of rotatable bonds is 47. The molecule has 0 aliphatic heterocycles. The van der Waals surface area contributed by atoms with Crippen molar-refractivity contribution in [3.63, 3.8) is 0 Å². The van der Waals surface area contributed by atoms with Gasteiger partial charge in [0.2, 0.25) is 0 Å². The molecule has 66 heavy (non-hydrogen) atoms. The Labute approximate surface area is 407 Å². The lowest BCUT2D eigenvalue weighted by molar-refractivity contribution is -0.162. The van der Waals surface area contributed by atoms with Gasteiger partial charge in [0.1, 0.15) is 6.61 Å². The van der Waals surface area contributed by atoms with Crippen LogP contribution in [0, 0.1) is 0 Å². The minimum Gasteiger partial charge on any atom is -0.462 e. The van der Waals surface area contributed by atoms with E-state index in [-0.39, 0.29) is 25.2 Å². The van der Waals surface area contributed by atoms with E-state index >= 15 is 0 Å². The number of hydrogen-bond donors (Lipinski definition) is 0. The van der Waals surface area contributed by atoms with Gasteiger partial charge < -0.3 is 14.2 Å². The third-order valence-corrected chi connectivity index (χ3v) is 10.7. The molecule has 0 fully saturated rings. The van der Waals surface area contributed by atoms with Gasteiger partial charge in [-0.2, -0.15) is 0 Å². The van der Waals surface area contributed by atoms with Crippen molar-refractivity contribution in [1.82, 2.24) is 0 Å². The second kappa shape index (κ2) is 55.4. The monoisotopic (exact) mass is 911 g/mol. The Kier molecular flexibility index (Phi) is 52.0. The minimum absolute atomic E-state index is 0.0208. The fourth-order valence-corrected chi connectivity index (χ4v) is 6.80. The first-order chi connectivity index (χ1) is 32.6. The Morgan fingerprint density at radius 2 is 0.712 bits per heavy atom. The van der Waals surface area contributed by atoms with Crippen molar-refractivity contribution in [2.24, 2.45) is 0 Å². The summed E-state index contributed by atoms with van der Waals surface area (Å²) in [5.74, 6) is -0.525. The van der Waals surface area contributed by atoms with Crippen LogP contribution in [0.4, 0.5) is 0 Å². The third-order valence-electron chi connectivity index (χ3n) is 10.7.